The molecule has 0 spiro atoms. The van der Waals surface area contributed by atoms with Crippen molar-refractivity contribution in [2.45, 2.75) is 33.2 Å². The number of rotatable bonds is 3. The van der Waals surface area contributed by atoms with E-state index < -0.39 is 0 Å². The van der Waals surface area contributed by atoms with Crippen LogP contribution in [0.2, 0.25) is 0 Å². The molecule has 88 valence electrons. The van der Waals surface area contributed by atoms with Crippen LogP contribution in [-0.2, 0) is 13.0 Å². The second kappa shape index (κ2) is 4.83. The third-order valence-electron chi connectivity index (χ3n) is 3.16. The van der Waals surface area contributed by atoms with Gasteiger partial charge < -0.3 is 4.90 Å². The van der Waals surface area contributed by atoms with Gasteiger partial charge in [-0.25, -0.2) is 0 Å². The van der Waals surface area contributed by atoms with Crippen LogP contribution in [0.15, 0.2) is 12.1 Å². The third-order valence-corrected chi connectivity index (χ3v) is 3.16. The zero-order valence-corrected chi connectivity index (χ0v) is 10.5. The van der Waals surface area contributed by atoms with Gasteiger partial charge in [-0.3, -0.25) is 4.68 Å². The average Bonchev–Trinajstić information content (AvgIpc) is 2.72. The maximum atomic E-state index is 4.60. The predicted molar refractivity (Wildman–Crippen MR) is 67.4 cm³/mol. The Bertz CT molecular complexity index is 390. The van der Waals surface area contributed by atoms with Gasteiger partial charge in [0.05, 0.1) is 11.4 Å². The molecule has 1 aliphatic rings. The summed E-state index contributed by atoms with van der Waals surface area (Å²) in [5.41, 5.74) is 3.94. The molecule has 0 fully saturated rings. The zero-order chi connectivity index (χ0) is 11.5. The molecule has 2 heterocycles. The van der Waals surface area contributed by atoms with Gasteiger partial charge in [0.1, 0.15) is 0 Å². The molecule has 0 saturated carbocycles. The summed E-state index contributed by atoms with van der Waals surface area (Å²) < 4.78 is 2.13. The van der Waals surface area contributed by atoms with E-state index in [1.54, 1.807) is 0 Å². The fourth-order valence-electron chi connectivity index (χ4n) is 2.22. The Hall–Kier alpha value is -1.09. The fraction of sp³-hybridized carbons (Fsp3) is 0.615. The second-order valence-corrected chi connectivity index (χ2v) is 4.45. The molecule has 0 N–H and O–H groups in total. The third kappa shape index (κ3) is 2.19. The van der Waals surface area contributed by atoms with Gasteiger partial charge in [0.25, 0.3) is 0 Å². The summed E-state index contributed by atoms with van der Waals surface area (Å²) in [7, 11) is 2.18. The lowest BCUT2D eigenvalue weighted by molar-refractivity contribution is 0.371. The molecule has 0 amide bonds. The first-order chi connectivity index (χ1) is 7.74. The molecule has 0 aliphatic carbocycles. The molecule has 0 aromatic carbocycles. The van der Waals surface area contributed by atoms with Crippen LogP contribution in [0.1, 0.15) is 31.7 Å². The predicted octanol–water partition coefficient (Wildman–Crippen LogP) is 2.18. The second-order valence-electron chi connectivity index (χ2n) is 4.45. The normalized spacial score (nSPS) is 17.6. The van der Waals surface area contributed by atoms with Crippen molar-refractivity contribution in [2.75, 3.05) is 20.1 Å². The Morgan fingerprint density at radius 3 is 2.81 bits per heavy atom. The Morgan fingerprint density at radius 2 is 2.19 bits per heavy atom. The van der Waals surface area contributed by atoms with Gasteiger partial charge in [0.2, 0.25) is 0 Å². The van der Waals surface area contributed by atoms with Crippen LogP contribution < -0.4 is 0 Å². The molecule has 16 heavy (non-hydrogen) atoms. The number of hydrogen-bond acceptors (Lipinski definition) is 2. The highest BCUT2D eigenvalue weighted by Gasteiger charge is 2.15. The van der Waals surface area contributed by atoms with Crippen molar-refractivity contribution < 1.29 is 0 Å². The standard InChI is InChI=1S/C13H21N3/c1-4-12-9-13(16(5-2)14-12)11-7-6-8-15(3)10-11/h7,9H,4-6,8,10H2,1-3H3. The van der Waals surface area contributed by atoms with Crippen LogP contribution in [0.5, 0.6) is 0 Å². The average molecular weight is 219 g/mol. The first kappa shape index (κ1) is 11.4. The maximum Gasteiger partial charge on any atom is 0.0654 e. The highest BCUT2D eigenvalue weighted by molar-refractivity contribution is 5.65. The van der Waals surface area contributed by atoms with Crippen LogP contribution in [0.25, 0.3) is 5.57 Å². The Balaban J connectivity index is 2.31. The molecule has 0 radical (unpaired) electrons. The van der Waals surface area contributed by atoms with E-state index in [0.717, 1.165) is 25.9 Å². The number of aryl methyl sites for hydroxylation is 2. The van der Waals surface area contributed by atoms with E-state index in [-0.39, 0.29) is 0 Å². The largest absolute Gasteiger partial charge is 0.302 e. The molecule has 1 aromatic rings. The lowest BCUT2D eigenvalue weighted by Gasteiger charge is -2.23. The topological polar surface area (TPSA) is 21.1 Å². The minimum absolute atomic E-state index is 0.955. The van der Waals surface area contributed by atoms with E-state index in [1.165, 1.54) is 23.5 Å². The minimum Gasteiger partial charge on any atom is -0.302 e. The monoisotopic (exact) mass is 219 g/mol. The van der Waals surface area contributed by atoms with Gasteiger partial charge in [-0.2, -0.15) is 5.10 Å². The highest BCUT2D eigenvalue weighted by atomic mass is 15.3. The summed E-state index contributed by atoms with van der Waals surface area (Å²) in [5.74, 6) is 0. The smallest absolute Gasteiger partial charge is 0.0654 e. The maximum absolute atomic E-state index is 4.60. The van der Waals surface area contributed by atoms with Gasteiger partial charge in [-0.1, -0.05) is 13.0 Å². The first-order valence-electron chi connectivity index (χ1n) is 6.19. The van der Waals surface area contributed by atoms with Crippen molar-refractivity contribution in [1.82, 2.24) is 14.7 Å². The summed E-state index contributed by atoms with van der Waals surface area (Å²) >= 11 is 0. The van der Waals surface area contributed by atoms with Crippen LogP contribution in [-0.4, -0.2) is 34.8 Å². The van der Waals surface area contributed by atoms with Gasteiger partial charge in [-0.15, -0.1) is 0 Å². The van der Waals surface area contributed by atoms with Crippen LogP contribution in [0.4, 0.5) is 0 Å². The summed E-state index contributed by atoms with van der Waals surface area (Å²) in [5, 5.41) is 4.60. The number of hydrogen-bond donors (Lipinski definition) is 0. The number of nitrogens with zero attached hydrogens (tertiary/aromatic N) is 3. The molecule has 1 aliphatic heterocycles. The SMILES string of the molecule is CCc1cc(C2=CCCN(C)C2)n(CC)n1. The van der Waals surface area contributed by atoms with Crippen molar-refractivity contribution in [3.8, 4) is 0 Å². The summed E-state index contributed by atoms with van der Waals surface area (Å²) in [6.07, 6.45) is 4.54. The molecule has 1 aromatic heterocycles. The summed E-state index contributed by atoms with van der Waals surface area (Å²) in [4.78, 5) is 2.37. The molecular formula is C13H21N3. The molecule has 0 unspecified atom stereocenters. The van der Waals surface area contributed by atoms with E-state index >= 15 is 0 Å². The first-order valence-corrected chi connectivity index (χ1v) is 6.19. The van der Waals surface area contributed by atoms with E-state index in [4.69, 9.17) is 0 Å². The lowest BCUT2D eigenvalue weighted by Crippen LogP contribution is -2.25. The Labute approximate surface area is 97.8 Å². The van der Waals surface area contributed by atoms with E-state index in [2.05, 4.69) is 47.7 Å². The van der Waals surface area contributed by atoms with E-state index in [1.807, 2.05) is 0 Å². The molecule has 0 saturated heterocycles. The van der Waals surface area contributed by atoms with Crippen molar-refractivity contribution in [2.24, 2.45) is 0 Å². The van der Waals surface area contributed by atoms with Crippen molar-refractivity contribution in [3.63, 3.8) is 0 Å². The van der Waals surface area contributed by atoms with Gasteiger partial charge in [0, 0.05) is 19.6 Å². The molecule has 0 atom stereocenters. The number of aromatic nitrogens is 2. The summed E-state index contributed by atoms with van der Waals surface area (Å²) in [6.45, 7) is 7.49. The molecule has 3 heteroatoms. The van der Waals surface area contributed by atoms with Crippen LogP contribution >= 0.6 is 0 Å². The molecule has 0 bridgehead atoms. The van der Waals surface area contributed by atoms with Crippen molar-refractivity contribution in [1.29, 1.82) is 0 Å². The summed E-state index contributed by atoms with van der Waals surface area (Å²) in [6, 6.07) is 2.24. The molecule has 3 nitrogen and oxygen atoms in total. The quantitative estimate of drug-likeness (QED) is 0.777. The Morgan fingerprint density at radius 1 is 1.38 bits per heavy atom. The molecule has 2 rings (SSSR count). The highest BCUT2D eigenvalue weighted by Crippen LogP contribution is 2.21. The fourth-order valence-corrected chi connectivity index (χ4v) is 2.22. The van der Waals surface area contributed by atoms with Gasteiger partial charge in [0.15, 0.2) is 0 Å². The molecular weight excluding hydrogens is 198 g/mol. The van der Waals surface area contributed by atoms with Gasteiger partial charge in [-0.05, 0) is 38.5 Å². The van der Waals surface area contributed by atoms with Crippen LogP contribution in [0, 0.1) is 0 Å². The van der Waals surface area contributed by atoms with Crippen LogP contribution in [0.3, 0.4) is 0 Å². The Kier molecular flexibility index (Phi) is 3.44. The minimum atomic E-state index is 0.955. The van der Waals surface area contributed by atoms with E-state index in [9.17, 15) is 0 Å². The van der Waals surface area contributed by atoms with Crippen molar-refractivity contribution in [3.05, 3.63) is 23.5 Å². The number of likely N-dealkylation sites (N-methyl/N-ethyl adjacent to an activating group) is 1. The van der Waals surface area contributed by atoms with Gasteiger partial charge >= 0.3 is 0 Å². The lowest BCUT2D eigenvalue weighted by atomic mass is 10.1. The zero-order valence-electron chi connectivity index (χ0n) is 10.5. The van der Waals surface area contributed by atoms with Crippen molar-refractivity contribution >= 4 is 5.57 Å². The van der Waals surface area contributed by atoms with E-state index in [0.29, 0.717) is 0 Å².